The second-order valence-corrected chi connectivity index (χ2v) is 22.2. The third-order valence-corrected chi connectivity index (χ3v) is 17.4. The maximum absolute atomic E-state index is 7.49. The molecule has 85 heavy (non-hydrogen) atoms. The zero-order chi connectivity index (χ0) is 56.0. The van der Waals surface area contributed by atoms with Crippen molar-refractivity contribution in [3.8, 4) is 39.1 Å². The molecule has 17 rings (SSSR count). The molecule has 3 heterocycles. The van der Waals surface area contributed by atoms with E-state index in [0.717, 1.165) is 150 Å². The molecule has 0 saturated heterocycles. The largest absolute Gasteiger partial charge is 0.482 e. The number of furan rings is 2. The Morgan fingerprint density at radius 1 is 0.318 bits per heavy atom. The molecule has 1 aliphatic carbocycles. The Labute approximate surface area is 491 Å². The number of allylic oxidation sites excluding steroid dienone is 2. The highest BCUT2D eigenvalue weighted by atomic mass is 16.5. The van der Waals surface area contributed by atoms with E-state index in [2.05, 4.69) is 313 Å². The van der Waals surface area contributed by atoms with E-state index in [-0.39, 0.29) is 12.0 Å². The minimum absolute atomic E-state index is 0.0377. The Bertz CT molecular complexity index is 5180. The van der Waals surface area contributed by atoms with Crippen molar-refractivity contribution in [3.05, 3.63) is 314 Å². The number of fused-ring (bicyclic) bond motifs is 13. The van der Waals surface area contributed by atoms with Crippen LogP contribution in [0.15, 0.2) is 312 Å². The molecule has 1 aliphatic heterocycles. The first-order valence-electron chi connectivity index (χ1n) is 29.1. The quantitative estimate of drug-likeness (QED) is 0.137. The molecule has 13 aromatic carbocycles. The summed E-state index contributed by atoms with van der Waals surface area (Å²) in [6.45, 7) is 0. The van der Waals surface area contributed by atoms with E-state index in [1.165, 1.54) is 5.57 Å². The molecule has 0 fully saturated rings. The highest BCUT2D eigenvalue weighted by molar-refractivity contribution is 6.30. The molecular formula is C80H52N2O3. The average Bonchev–Trinajstić information content (AvgIpc) is 2.06. The minimum Gasteiger partial charge on any atom is -0.482 e. The second kappa shape index (κ2) is 19.8. The van der Waals surface area contributed by atoms with Crippen molar-refractivity contribution in [1.82, 2.24) is 0 Å². The number of nitrogens with zero attached hydrogens (tertiary/aromatic N) is 2. The van der Waals surface area contributed by atoms with Crippen LogP contribution in [-0.4, -0.2) is 6.10 Å². The molecule has 5 nitrogen and oxygen atoms in total. The van der Waals surface area contributed by atoms with Gasteiger partial charge in [0.15, 0.2) is 5.58 Å². The van der Waals surface area contributed by atoms with E-state index in [0.29, 0.717) is 0 Å². The van der Waals surface area contributed by atoms with Crippen molar-refractivity contribution < 1.29 is 13.6 Å². The molecule has 2 atom stereocenters. The van der Waals surface area contributed by atoms with E-state index in [4.69, 9.17) is 13.6 Å². The van der Waals surface area contributed by atoms with Gasteiger partial charge in [0.1, 0.15) is 28.6 Å². The molecule has 5 heteroatoms. The molecule has 0 bridgehead atoms. The molecule has 15 aromatic rings. The normalized spacial score (nSPS) is 14.5. The van der Waals surface area contributed by atoms with Crippen molar-refractivity contribution in [2.75, 3.05) is 9.80 Å². The number of hydrogen-bond acceptors (Lipinski definition) is 5. The summed E-state index contributed by atoms with van der Waals surface area (Å²) in [5.41, 5.74) is 19.1. The Morgan fingerprint density at radius 2 is 0.776 bits per heavy atom. The lowest BCUT2D eigenvalue weighted by molar-refractivity contribution is 0.279. The zero-order valence-electron chi connectivity index (χ0n) is 46.1. The second-order valence-electron chi connectivity index (χ2n) is 22.2. The van der Waals surface area contributed by atoms with E-state index >= 15 is 0 Å². The number of ether oxygens (including phenoxy) is 1. The highest BCUT2D eigenvalue weighted by Gasteiger charge is 2.40. The van der Waals surface area contributed by atoms with Gasteiger partial charge in [-0.25, -0.2) is 0 Å². The van der Waals surface area contributed by atoms with Crippen LogP contribution in [-0.2, 0) is 0 Å². The van der Waals surface area contributed by atoms with Gasteiger partial charge in [0.05, 0.1) is 22.7 Å². The molecule has 2 aliphatic rings. The van der Waals surface area contributed by atoms with E-state index in [1.807, 2.05) is 0 Å². The Balaban J connectivity index is 0.905. The fourth-order valence-corrected chi connectivity index (χ4v) is 13.6. The van der Waals surface area contributed by atoms with Gasteiger partial charge in [0.25, 0.3) is 0 Å². The molecule has 0 spiro atoms. The number of benzene rings is 13. The maximum Gasteiger partial charge on any atom is 0.159 e. The smallest absolute Gasteiger partial charge is 0.159 e. The predicted octanol–water partition coefficient (Wildman–Crippen LogP) is 22.2. The van der Waals surface area contributed by atoms with Crippen molar-refractivity contribution in [2.24, 2.45) is 0 Å². The zero-order valence-corrected chi connectivity index (χ0v) is 46.1. The summed E-state index contributed by atoms with van der Waals surface area (Å²) < 4.78 is 22.1. The van der Waals surface area contributed by atoms with E-state index < -0.39 is 0 Å². The molecule has 0 amide bonds. The van der Waals surface area contributed by atoms with Crippen LogP contribution in [0.5, 0.6) is 5.75 Å². The number of para-hydroxylation sites is 3. The van der Waals surface area contributed by atoms with E-state index in [9.17, 15) is 0 Å². The van der Waals surface area contributed by atoms with Gasteiger partial charge in [-0.05, 0) is 80.6 Å². The van der Waals surface area contributed by atoms with Gasteiger partial charge < -0.3 is 23.4 Å². The van der Waals surface area contributed by atoms with Crippen LogP contribution >= 0.6 is 0 Å². The Morgan fingerprint density at radius 3 is 1.38 bits per heavy atom. The molecule has 0 N–H and O–H groups in total. The third-order valence-electron chi connectivity index (χ3n) is 17.4. The molecular weight excluding hydrogens is 1040 g/mol. The van der Waals surface area contributed by atoms with Gasteiger partial charge in [-0.1, -0.05) is 255 Å². The first kappa shape index (κ1) is 48.6. The fourth-order valence-electron chi connectivity index (χ4n) is 13.6. The minimum atomic E-state index is -0.191. The predicted molar refractivity (Wildman–Crippen MR) is 352 cm³/mol. The summed E-state index contributed by atoms with van der Waals surface area (Å²) in [4.78, 5) is 4.77. The van der Waals surface area contributed by atoms with Crippen LogP contribution in [0.3, 0.4) is 0 Å². The van der Waals surface area contributed by atoms with Crippen LogP contribution in [0, 0.1) is 0 Å². The summed E-state index contributed by atoms with van der Waals surface area (Å²) in [6.07, 6.45) is 6.50. The Kier molecular flexibility index (Phi) is 11.3. The van der Waals surface area contributed by atoms with Gasteiger partial charge in [-0.15, -0.1) is 0 Å². The van der Waals surface area contributed by atoms with Crippen LogP contribution < -0.4 is 14.5 Å². The summed E-state index contributed by atoms with van der Waals surface area (Å²) in [5, 5.41) is 8.55. The van der Waals surface area contributed by atoms with Crippen molar-refractivity contribution in [3.63, 3.8) is 0 Å². The van der Waals surface area contributed by atoms with Gasteiger partial charge in [0.2, 0.25) is 0 Å². The van der Waals surface area contributed by atoms with Crippen molar-refractivity contribution in [2.45, 2.75) is 12.0 Å². The van der Waals surface area contributed by atoms with E-state index in [1.54, 1.807) is 0 Å². The van der Waals surface area contributed by atoms with Crippen molar-refractivity contribution in [1.29, 1.82) is 0 Å². The van der Waals surface area contributed by atoms with Crippen LogP contribution in [0.2, 0.25) is 0 Å². The van der Waals surface area contributed by atoms with Gasteiger partial charge in [-0.3, -0.25) is 0 Å². The lowest BCUT2D eigenvalue weighted by Crippen LogP contribution is -2.21. The Hall–Kier alpha value is -11.1. The highest BCUT2D eigenvalue weighted by Crippen LogP contribution is 2.56. The van der Waals surface area contributed by atoms with Gasteiger partial charge in [-0.2, -0.15) is 0 Å². The van der Waals surface area contributed by atoms with Crippen LogP contribution in [0.25, 0.3) is 104 Å². The lowest BCUT2D eigenvalue weighted by Gasteiger charge is -2.29. The lowest BCUT2D eigenvalue weighted by atomic mass is 9.84. The fraction of sp³-hybridized carbons (Fsp3) is 0.0250. The number of anilines is 6. The summed E-state index contributed by atoms with van der Waals surface area (Å²) in [7, 11) is 0. The topological polar surface area (TPSA) is 42.0 Å². The molecule has 0 radical (unpaired) electrons. The number of rotatable bonds is 10. The first-order chi connectivity index (χ1) is 42.2. The van der Waals surface area contributed by atoms with Crippen LogP contribution in [0.1, 0.15) is 17.0 Å². The SMILES string of the molecule is C1=CC2c3cccc(N(c4cccc(-c5ccccc5)c4)c4cc5oc6cc(N(c7cccc(-c8ccccc8)c7)c7cccc8c7oc7c(-c9ccccc9)cccc78)c7ccccc7c6c5c5ccccc45)c3OC2C(c2ccccc2)=C1. The standard InChI is InChI=1S/C80H52N2O3/c1-5-23-51(24-6-1)55-31-17-33-57(47-55)81(69-45-21-43-67-65-41-19-39-59(77(65)84-79(67)69)53-27-9-3-10-28-53)71-49-73-75(63-37-15-13-35-61(63)71)76-64-38-16-14-36-62(64)72(50-74(76)83-73)82(58-34-18-32-56(48-58)52-25-7-2-8-26-52)70-46-22-44-68-66-42-20-40-60(78(66)85-80(68)70)54-29-11-4-12-30-54/h1-50,65,77H. The first-order valence-corrected chi connectivity index (χ1v) is 29.1. The average molecular weight is 1090 g/mol. The van der Waals surface area contributed by atoms with Gasteiger partial charge in [0, 0.05) is 78.4 Å². The molecule has 2 aromatic heterocycles. The summed E-state index contributed by atoms with van der Waals surface area (Å²) in [5.74, 6) is 0.906. The monoisotopic (exact) mass is 1090 g/mol. The number of hydrogen-bond donors (Lipinski definition) is 0. The third kappa shape index (κ3) is 7.92. The maximum atomic E-state index is 7.49. The molecule has 400 valence electrons. The van der Waals surface area contributed by atoms with Crippen LogP contribution in [0.4, 0.5) is 34.1 Å². The molecule has 2 unspecified atom stereocenters. The van der Waals surface area contributed by atoms with Gasteiger partial charge >= 0.3 is 0 Å². The summed E-state index contributed by atoms with van der Waals surface area (Å²) >= 11 is 0. The van der Waals surface area contributed by atoms with Crippen molar-refractivity contribution >= 4 is 105 Å². The summed E-state index contributed by atoms with van der Waals surface area (Å²) in [6, 6.07) is 102. The molecule has 0 saturated carbocycles.